The lowest BCUT2D eigenvalue weighted by Gasteiger charge is -2.12. The first-order valence-electron chi connectivity index (χ1n) is 9.03. The Morgan fingerprint density at radius 2 is 1.89 bits per heavy atom. The van der Waals surface area contributed by atoms with Crippen molar-refractivity contribution in [2.75, 3.05) is 19.8 Å². The number of benzene rings is 2. The van der Waals surface area contributed by atoms with Crippen LogP contribution in [0.15, 0.2) is 59.6 Å². The van der Waals surface area contributed by atoms with Crippen LogP contribution < -0.4 is 4.74 Å². The summed E-state index contributed by atoms with van der Waals surface area (Å²) in [6.07, 6.45) is 1.14. The molecule has 2 aromatic carbocycles. The first kappa shape index (κ1) is 19.8. The first-order valence-corrected chi connectivity index (χ1v) is 9.77. The second-order valence-electron chi connectivity index (χ2n) is 6.17. The molecule has 0 spiro atoms. The van der Waals surface area contributed by atoms with Crippen LogP contribution in [-0.4, -0.2) is 35.8 Å². The SMILES string of the molecule is CCOC(O)Cn1ccc2cc(OCCOSc3ccc(C)cc3)ccc21. The van der Waals surface area contributed by atoms with Crippen LogP contribution in [0.2, 0.25) is 0 Å². The highest BCUT2D eigenvalue weighted by Crippen LogP contribution is 2.23. The maximum atomic E-state index is 9.81. The highest BCUT2D eigenvalue weighted by Gasteiger charge is 2.08. The number of aromatic nitrogens is 1. The number of fused-ring (bicyclic) bond motifs is 1. The van der Waals surface area contributed by atoms with Crippen molar-refractivity contribution in [2.45, 2.75) is 31.6 Å². The summed E-state index contributed by atoms with van der Waals surface area (Å²) in [4.78, 5) is 1.08. The molecule has 27 heavy (non-hydrogen) atoms. The molecule has 0 saturated heterocycles. The minimum Gasteiger partial charge on any atom is -0.491 e. The molecule has 0 bridgehead atoms. The van der Waals surface area contributed by atoms with Crippen molar-refractivity contribution in [3.05, 3.63) is 60.3 Å². The van der Waals surface area contributed by atoms with E-state index in [1.165, 1.54) is 17.6 Å². The van der Waals surface area contributed by atoms with E-state index in [9.17, 15) is 5.11 Å². The third-order valence-corrected chi connectivity index (χ3v) is 4.82. The van der Waals surface area contributed by atoms with E-state index >= 15 is 0 Å². The summed E-state index contributed by atoms with van der Waals surface area (Å²) in [5.74, 6) is 0.801. The van der Waals surface area contributed by atoms with E-state index in [1.807, 2.05) is 54.1 Å². The Morgan fingerprint density at radius 1 is 1.07 bits per heavy atom. The molecule has 1 aromatic heterocycles. The predicted octanol–water partition coefficient (Wildman–Crippen LogP) is 4.41. The highest BCUT2D eigenvalue weighted by molar-refractivity contribution is 7.94. The number of aliphatic hydroxyl groups excluding tert-OH is 1. The second-order valence-corrected chi connectivity index (χ2v) is 7.04. The van der Waals surface area contributed by atoms with Crippen molar-refractivity contribution < 1.29 is 18.8 Å². The van der Waals surface area contributed by atoms with Gasteiger partial charge in [-0.15, -0.1) is 0 Å². The molecular weight excluding hydrogens is 362 g/mol. The minimum absolute atomic E-state index is 0.404. The Morgan fingerprint density at radius 3 is 2.67 bits per heavy atom. The van der Waals surface area contributed by atoms with Crippen molar-refractivity contribution >= 4 is 22.9 Å². The third kappa shape index (κ3) is 5.74. The quantitative estimate of drug-likeness (QED) is 0.317. The van der Waals surface area contributed by atoms with Crippen molar-refractivity contribution in [1.29, 1.82) is 0 Å². The van der Waals surface area contributed by atoms with Crippen molar-refractivity contribution in [3.63, 3.8) is 0 Å². The summed E-state index contributed by atoms with van der Waals surface area (Å²) in [5, 5.41) is 10.9. The molecule has 0 saturated carbocycles. The molecule has 0 aliphatic rings. The standard InChI is InChI=1S/C21H25NO4S/c1-3-24-21(23)15-22-11-10-17-14-18(6-9-20(17)22)25-12-13-26-27-19-7-4-16(2)5-8-19/h4-11,14,21,23H,3,12-13,15H2,1-2H3. The van der Waals surface area contributed by atoms with Crippen LogP contribution in [0.1, 0.15) is 12.5 Å². The molecule has 0 aliphatic heterocycles. The number of hydrogen-bond donors (Lipinski definition) is 1. The van der Waals surface area contributed by atoms with Gasteiger partial charge < -0.3 is 23.3 Å². The molecule has 5 nitrogen and oxygen atoms in total. The molecule has 1 unspecified atom stereocenters. The fraction of sp³-hybridized carbons (Fsp3) is 0.333. The Bertz CT molecular complexity index is 847. The fourth-order valence-corrected chi connectivity index (χ4v) is 3.27. The van der Waals surface area contributed by atoms with E-state index < -0.39 is 6.29 Å². The van der Waals surface area contributed by atoms with E-state index in [4.69, 9.17) is 13.7 Å². The maximum Gasteiger partial charge on any atom is 0.172 e. The molecule has 3 rings (SSSR count). The average Bonchev–Trinajstić information content (AvgIpc) is 3.05. The smallest absolute Gasteiger partial charge is 0.172 e. The van der Waals surface area contributed by atoms with Gasteiger partial charge in [-0.25, -0.2) is 0 Å². The Hall–Kier alpha value is -1.99. The summed E-state index contributed by atoms with van der Waals surface area (Å²) in [6.45, 7) is 5.80. The van der Waals surface area contributed by atoms with Gasteiger partial charge in [0.1, 0.15) is 12.4 Å². The molecule has 1 N–H and O–H groups in total. The van der Waals surface area contributed by atoms with Crippen LogP contribution in [0.5, 0.6) is 5.75 Å². The van der Waals surface area contributed by atoms with Crippen LogP contribution in [0.25, 0.3) is 10.9 Å². The van der Waals surface area contributed by atoms with Crippen LogP contribution in [0, 0.1) is 6.92 Å². The van der Waals surface area contributed by atoms with Gasteiger partial charge in [-0.1, -0.05) is 17.7 Å². The monoisotopic (exact) mass is 387 g/mol. The third-order valence-electron chi connectivity index (χ3n) is 4.07. The van der Waals surface area contributed by atoms with E-state index in [1.54, 1.807) is 0 Å². The zero-order valence-electron chi connectivity index (χ0n) is 15.6. The van der Waals surface area contributed by atoms with Crippen molar-refractivity contribution in [2.24, 2.45) is 0 Å². The van der Waals surface area contributed by atoms with Crippen LogP contribution in [0.3, 0.4) is 0 Å². The first-order chi connectivity index (χ1) is 13.2. The fourth-order valence-electron chi connectivity index (χ4n) is 2.74. The number of hydrogen-bond acceptors (Lipinski definition) is 5. The van der Waals surface area contributed by atoms with Gasteiger partial charge >= 0.3 is 0 Å². The minimum atomic E-state index is -0.801. The summed E-state index contributed by atoms with van der Waals surface area (Å²) in [7, 11) is 0. The van der Waals surface area contributed by atoms with Gasteiger partial charge in [-0.3, -0.25) is 0 Å². The molecule has 1 heterocycles. The lowest BCUT2D eigenvalue weighted by Crippen LogP contribution is -2.18. The lowest BCUT2D eigenvalue weighted by molar-refractivity contribution is -0.103. The van der Waals surface area contributed by atoms with Crippen LogP contribution >= 0.6 is 12.0 Å². The molecule has 1 atom stereocenters. The molecule has 144 valence electrons. The lowest BCUT2D eigenvalue weighted by atomic mass is 10.2. The predicted molar refractivity (Wildman–Crippen MR) is 108 cm³/mol. The van der Waals surface area contributed by atoms with E-state index in [0.717, 1.165) is 21.5 Å². The van der Waals surface area contributed by atoms with Gasteiger partial charge in [0.2, 0.25) is 0 Å². The van der Waals surface area contributed by atoms with Crippen molar-refractivity contribution in [1.82, 2.24) is 4.57 Å². The largest absolute Gasteiger partial charge is 0.491 e. The maximum absolute atomic E-state index is 9.81. The van der Waals surface area contributed by atoms with Gasteiger partial charge in [-0.05, 0) is 50.2 Å². The zero-order valence-corrected chi connectivity index (χ0v) is 16.4. The Kier molecular flexibility index (Phi) is 7.18. The highest BCUT2D eigenvalue weighted by atomic mass is 32.2. The number of nitrogens with zero attached hydrogens (tertiary/aromatic N) is 1. The summed E-state index contributed by atoms with van der Waals surface area (Å²) in [6, 6.07) is 16.1. The molecule has 0 aliphatic carbocycles. The second kappa shape index (κ2) is 9.80. The number of aliphatic hydroxyl groups is 1. The molecule has 6 heteroatoms. The van der Waals surface area contributed by atoms with Crippen molar-refractivity contribution in [3.8, 4) is 5.75 Å². The molecular formula is C21H25NO4S. The Balaban J connectivity index is 1.47. The zero-order chi connectivity index (χ0) is 19.1. The van der Waals surface area contributed by atoms with Crippen LogP contribution in [0.4, 0.5) is 0 Å². The van der Waals surface area contributed by atoms with Crippen LogP contribution in [-0.2, 0) is 15.5 Å². The number of aryl methyl sites for hydroxylation is 1. The van der Waals surface area contributed by atoms with Gasteiger partial charge in [0.15, 0.2) is 6.29 Å². The topological polar surface area (TPSA) is 52.9 Å². The summed E-state index contributed by atoms with van der Waals surface area (Å²) in [5.41, 5.74) is 2.27. The van der Waals surface area contributed by atoms with E-state index in [0.29, 0.717) is 26.4 Å². The molecule has 0 amide bonds. The molecule has 0 radical (unpaired) electrons. The summed E-state index contributed by atoms with van der Waals surface area (Å²) < 4.78 is 18.5. The van der Waals surface area contributed by atoms with Gasteiger partial charge in [0, 0.05) is 40.6 Å². The number of ether oxygens (including phenoxy) is 2. The summed E-state index contributed by atoms with van der Waals surface area (Å²) >= 11 is 1.36. The van der Waals surface area contributed by atoms with Gasteiger partial charge in [0.25, 0.3) is 0 Å². The average molecular weight is 388 g/mol. The Labute approximate surface area is 164 Å². The van der Waals surface area contributed by atoms with E-state index in [-0.39, 0.29) is 0 Å². The van der Waals surface area contributed by atoms with E-state index in [2.05, 4.69) is 19.1 Å². The van der Waals surface area contributed by atoms with Gasteiger partial charge in [-0.2, -0.15) is 0 Å². The van der Waals surface area contributed by atoms with Gasteiger partial charge in [0.05, 0.1) is 13.2 Å². The molecule has 0 fully saturated rings. The number of rotatable bonds is 10. The molecule has 3 aromatic rings. The normalized spacial score (nSPS) is 12.4.